The summed E-state index contributed by atoms with van der Waals surface area (Å²) in [7, 11) is 1.85. The monoisotopic (exact) mass is 432 g/mol. The molecule has 4 heterocycles. The van der Waals surface area contributed by atoms with E-state index < -0.39 is 6.04 Å². The van der Waals surface area contributed by atoms with Gasteiger partial charge in [0.15, 0.2) is 5.65 Å². The third kappa shape index (κ3) is 3.66. The highest BCUT2D eigenvalue weighted by molar-refractivity contribution is 6.04. The summed E-state index contributed by atoms with van der Waals surface area (Å²) in [6.45, 7) is 2.75. The SMILES string of the molecule is Cc1cc(C(=O)NC(c2cccc(F)c2)c2nccn2C)c2nc3n(c2n1)CCCCC3. The minimum atomic E-state index is -0.609. The second-order valence-electron chi connectivity index (χ2n) is 8.33. The molecule has 8 heteroatoms. The van der Waals surface area contributed by atoms with Gasteiger partial charge in [-0.3, -0.25) is 4.79 Å². The van der Waals surface area contributed by atoms with Crippen molar-refractivity contribution in [3.8, 4) is 0 Å². The Hall–Kier alpha value is -3.55. The number of aromatic nitrogens is 5. The summed E-state index contributed by atoms with van der Waals surface area (Å²) in [5, 5.41) is 3.07. The summed E-state index contributed by atoms with van der Waals surface area (Å²) in [5.41, 5.74) is 3.22. The van der Waals surface area contributed by atoms with Crippen LogP contribution in [0.1, 0.15) is 58.6 Å². The second-order valence-corrected chi connectivity index (χ2v) is 8.33. The number of amides is 1. The van der Waals surface area contributed by atoms with Crippen LogP contribution < -0.4 is 5.32 Å². The largest absolute Gasteiger partial charge is 0.338 e. The standard InChI is InChI=1S/C24H25FN6O/c1-15-13-18(21-23(27-15)31-11-5-3-4-9-19(31)28-21)24(32)29-20(22-26-10-12-30(22)2)16-7-6-8-17(25)14-16/h6-8,10,12-14,20H,3-5,9,11H2,1-2H3,(H,29,32). The van der Waals surface area contributed by atoms with E-state index in [4.69, 9.17) is 9.97 Å². The van der Waals surface area contributed by atoms with Crippen molar-refractivity contribution in [3.63, 3.8) is 0 Å². The first-order chi connectivity index (χ1) is 15.5. The maximum Gasteiger partial charge on any atom is 0.254 e. The lowest BCUT2D eigenvalue weighted by molar-refractivity contribution is 0.0942. The molecule has 1 N–H and O–H groups in total. The number of halogens is 1. The maximum absolute atomic E-state index is 14.0. The highest BCUT2D eigenvalue weighted by Gasteiger charge is 2.25. The Morgan fingerprint density at radius 1 is 1.19 bits per heavy atom. The topological polar surface area (TPSA) is 77.6 Å². The number of aryl methyl sites for hydroxylation is 4. The number of rotatable bonds is 4. The van der Waals surface area contributed by atoms with Crippen LogP contribution in [0.5, 0.6) is 0 Å². The highest BCUT2D eigenvalue weighted by atomic mass is 19.1. The van der Waals surface area contributed by atoms with Crippen molar-refractivity contribution < 1.29 is 9.18 Å². The summed E-state index contributed by atoms with van der Waals surface area (Å²) in [4.78, 5) is 27.5. The molecule has 0 saturated heterocycles. The minimum Gasteiger partial charge on any atom is -0.338 e. The fourth-order valence-electron chi connectivity index (χ4n) is 4.44. The molecule has 164 valence electrons. The van der Waals surface area contributed by atoms with E-state index in [9.17, 15) is 9.18 Å². The van der Waals surface area contributed by atoms with Gasteiger partial charge in [-0.05, 0) is 43.5 Å². The van der Waals surface area contributed by atoms with Gasteiger partial charge in [0, 0.05) is 38.1 Å². The molecular formula is C24H25FN6O. The van der Waals surface area contributed by atoms with Gasteiger partial charge in [-0.15, -0.1) is 0 Å². The Morgan fingerprint density at radius 2 is 2.06 bits per heavy atom. The smallest absolute Gasteiger partial charge is 0.254 e. The summed E-state index contributed by atoms with van der Waals surface area (Å²) >= 11 is 0. The molecule has 0 fully saturated rings. The Kier molecular flexibility index (Phi) is 5.20. The number of pyridine rings is 1. The third-order valence-electron chi connectivity index (χ3n) is 6.01. The molecule has 7 nitrogen and oxygen atoms in total. The number of hydrogen-bond acceptors (Lipinski definition) is 4. The molecule has 0 spiro atoms. The highest BCUT2D eigenvalue weighted by Crippen LogP contribution is 2.26. The third-order valence-corrected chi connectivity index (χ3v) is 6.01. The van der Waals surface area contributed by atoms with E-state index in [0.29, 0.717) is 22.5 Å². The van der Waals surface area contributed by atoms with E-state index in [1.807, 2.05) is 18.5 Å². The van der Waals surface area contributed by atoms with E-state index in [1.165, 1.54) is 18.6 Å². The molecule has 1 aliphatic rings. The van der Waals surface area contributed by atoms with Crippen molar-refractivity contribution in [2.24, 2.45) is 7.05 Å². The first kappa shape index (κ1) is 20.4. The van der Waals surface area contributed by atoms with Crippen LogP contribution in [0.2, 0.25) is 0 Å². The molecule has 4 aromatic rings. The van der Waals surface area contributed by atoms with Gasteiger partial charge in [0.2, 0.25) is 0 Å². The lowest BCUT2D eigenvalue weighted by atomic mass is 10.0. The van der Waals surface area contributed by atoms with Crippen LogP contribution in [0, 0.1) is 12.7 Å². The normalized spacial score (nSPS) is 14.7. The number of carbonyl (C=O) groups excluding carboxylic acids is 1. The van der Waals surface area contributed by atoms with Gasteiger partial charge in [0.1, 0.15) is 29.0 Å². The number of fused-ring (bicyclic) bond motifs is 3. The van der Waals surface area contributed by atoms with Crippen LogP contribution in [0.3, 0.4) is 0 Å². The van der Waals surface area contributed by atoms with Crippen molar-refractivity contribution in [1.29, 1.82) is 0 Å². The minimum absolute atomic E-state index is 0.286. The fraction of sp³-hybridized carbons (Fsp3) is 0.333. The van der Waals surface area contributed by atoms with E-state index >= 15 is 0 Å². The number of benzene rings is 1. The molecule has 0 saturated carbocycles. The van der Waals surface area contributed by atoms with Gasteiger partial charge in [-0.1, -0.05) is 18.6 Å². The molecule has 0 bridgehead atoms. The number of hydrogen-bond donors (Lipinski definition) is 1. The number of nitrogens with zero attached hydrogens (tertiary/aromatic N) is 5. The summed E-state index contributed by atoms with van der Waals surface area (Å²) < 4.78 is 18.0. The molecule has 1 unspecified atom stereocenters. The second kappa shape index (κ2) is 8.18. The van der Waals surface area contributed by atoms with Crippen molar-refractivity contribution >= 4 is 17.1 Å². The number of nitrogens with one attached hydrogen (secondary N) is 1. The van der Waals surface area contributed by atoms with Crippen LogP contribution in [-0.2, 0) is 20.0 Å². The average Bonchev–Trinajstić information content (AvgIpc) is 3.26. The molecule has 1 amide bonds. The molecule has 5 rings (SSSR count). The average molecular weight is 433 g/mol. The van der Waals surface area contributed by atoms with Gasteiger partial charge < -0.3 is 14.5 Å². The molecule has 1 aromatic carbocycles. The van der Waals surface area contributed by atoms with Crippen molar-refractivity contribution in [2.45, 2.75) is 45.2 Å². The molecule has 1 aliphatic heterocycles. The van der Waals surface area contributed by atoms with Gasteiger partial charge in [-0.25, -0.2) is 19.3 Å². The van der Waals surface area contributed by atoms with Crippen LogP contribution in [-0.4, -0.2) is 30.0 Å². The zero-order valence-electron chi connectivity index (χ0n) is 18.2. The predicted octanol–water partition coefficient (Wildman–Crippen LogP) is 3.86. The Bertz CT molecular complexity index is 1310. The molecule has 3 aromatic heterocycles. The van der Waals surface area contributed by atoms with Crippen molar-refractivity contribution in [2.75, 3.05) is 0 Å². The van der Waals surface area contributed by atoms with E-state index in [2.05, 4.69) is 14.9 Å². The molecular weight excluding hydrogens is 407 g/mol. The van der Waals surface area contributed by atoms with E-state index in [1.54, 1.807) is 30.6 Å². The number of carbonyl (C=O) groups is 1. The van der Waals surface area contributed by atoms with Gasteiger partial charge in [0.25, 0.3) is 5.91 Å². The van der Waals surface area contributed by atoms with E-state index in [-0.39, 0.29) is 11.7 Å². The predicted molar refractivity (Wildman–Crippen MR) is 119 cm³/mol. The van der Waals surface area contributed by atoms with Crippen molar-refractivity contribution in [3.05, 3.63) is 77.0 Å². The molecule has 0 aliphatic carbocycles. The van der Waals surface area contributed by atoms with E-state index in [0.717, 1.165) is 43.0 Å². The van der Waals surface area contributed by atoms with Gasteiger partial charge in [-0.2, -0.15) is 0 Å². The fourth-order valence-corrected chi connectivity index (χ4v) is 4.44. The molecule has 1 atom stereocenters. The summed E-state index contributed by atoms with van der Waals surface area (Å²) in [5.74, 6) is 0.948. The zero-order chi connectivity index (χ0) is 22.2. The molecule has 0 radical (unpaired) electrons. The van der Waals surface area contributed by atoms with Crippen molar-refractivity contribution in [1.82, 2.24) is 29.4 Å². The first-order valence-corrected chi connectivity index (χ1v) is 10.9. The lowest BCUT2D eigenvalue weighted by Gasteiger charge is -2.19. The number of imidazole rings is 2. The van der Waals surface area contributed by atoms with Crippen LogP contribution in [0.15, 0.2) is 42.7 Å². The maximum atomic E-state index is 14.0. The quantitative estimate of drug-likeness (QED) is 0.531. The zero-order valence-corrected chi connectivity index (χ0v) is 18.2. The van der Waals surface area contributed by atoms with Crippen LogP contribution >= 0.6 is 0 Å². The Morgan fingerprint density at radius 3 is 2.84 bits per heavy atom. The first-order valence-electron chi connectivity index (χ1n) is 10.9. The Balaban J connectivity index is 1.57. The van der Waals surface area contributed by atoms with Crippen LogP contribution in [0.4, 0.5) is 4.39 Å². The molecule has 32 heavy (non-hydrogen) atoms. The van der Waals surface area contributed by atoms with Crippen LogP contribution in [0.25, 0.3) is 11.2 Å². The summed E-state index contributed by atoms with van der Waals surface area (Å²) in [6.07, 6.45) is 7.68. The van der Waals surface area contributed by atoms with Gasteiger partial charge >= 0.3 is 0 Å². The lowest BCUT2D eigenvalue weighted by Crippen LogP contribution is -2.31. The Labute approximate surface area is 185 Å². The summed E-state index contributed by atoms with van der Waals surface area (Å²) in [6, 6.07) is 7.39. The van der Waals surface area contributed by atoms with Gasteiger partial charge in [0.05, 0.1) is 5.56 Å².